The van der Waals surface area contributed by atoms with Crippen molar-refractivity contribution in [2.24, 2.45) is 0 Å². The Morgan fingerprint density at radius 3 is 2.25 bits per heavy atom. The maximum absolute atomic E-state index is 12.8. The van der Waals surface area contributed by atoms with Crippen LogP contribution in [0.25, 0.3) is 0 Å². The third-order valence-corrected chi connectivity index (χ3v) is 2.57. The van der Waals surface area contributed by atoms with E-state index >= 15 is 0 Å². The lowest BCUT2D eigenvalue weighted by atomic mass is 10.1. The monoisotopic (exact) mass is 261 g/mol. The van der Waals surface area contributed by atoms with Crippen LogP contribution >= 0.6 is 9.24 Å². The summed E-state index contributed by atoms with van der Waals surface area (Å²) in [5, 5.41) is 0. The first-order valence-electron chi connectivity index (χ1n) is 5.45. The molecule has 0 fully saturated rings. The van der Waals surface area contributed by atoms with Crippen LogP contribution in [0.15, 0.2) is 0 Å². The molecule has 0 N–H and O–H groups in total. The first kappa shape index (κ1) is 16.1. The van der Waals surface area contributed by atoms with E-state index in [1.54, 1.807) is 6.92 Å². The molecule has 0 radical (unpaired) electrons. The zero-order valence-electron chi connectivity index (χ0n) is 9.73. The van der Waals surface area contributed by atoms with Gasteiger partial charge in [0.25, 0.3) is 12.1 Å². The lowest BCUT2D eigenvalue weighted by Gasteiger charge is -2.30. The number of halogens is 4. The molecule has 16 heavy (non-hydrogen) atoms. The van der Waals surface area contributed by atoms with E-state index in [4.69, 9.17) is 0 Å². The highest BCUT2D eigenvalue weighted by Crippen LogP contribution is 2.25. The molecule has 6 heteroatoms. The molecule has 0 aliphatic rings. The fourth-order valence-corrected chi connectivity index (χ4v) is 1.76. The summed E-state index contributed by atoms with van der Waals surface area (Å²) in [4.78, 5) is 1.16. The minimum atomic E-state index is -3.00. The molecule has 98 valence electrons. The van der Waals surface area contributed by atoms with E-state index in [1.165, 1.54) is 9.24 Å². The molecule has 0 aliphatic carbocycles. The molecule has 0 heterocycles. The van der Waals surface area contributed by atoms with Gasteiger partial charge in [0, 0.05) is 6.04 Å². The van der Waals surface area contributed by atoms with Gasteiger partial charge in [0.1, 0.15) is 0 Å². The largest absolute Gasteiger partial charge is 0.289 e. The van der Waals surface area contributed by atoms with Crippen molar-refractivity contribution in [2.45, 2.75) is 51.2 Å². The number of nitrogens with zero attached hydrogens (tertiary/aromatic N) is 1. The maximum atomic E-state index is 12.8. The molecule has 2 unspecified atom stereocenters. The highest BCUT2D eigenvalue weighted by molar-refractivity contribution is 7.18. The fraction of sp³-hybridized carbons (Fsp3) is 1.00. The lowest BCUT2D eigenvalue weighted by Crippen LogP contribution is -2.42. The quantitative estimate of drug-likeness (QED) is 0.476. The van der Waals surface area contributed by atoms with Gasteiger partial charge in [0.15, 0.2) is 0 Å². The maximum Gasteiger partial charge on any atom is 0.271 e. The highest BCUT2D eigenvalue weighted by atomic mass is 31.0. The van der Waals surface area contributed by atoms with Gasteiger partial charge >= 0.3 is 0 Å². The van der Waals surface area contributed by atoms with Crippen molar-refractivity contribution < 1.29 is 17.6 Å². The van der Waals surface area contributed by atoms with Gasteiger partial charge in [-0.05, 0) is 13.3 Å². The summed E-state index contributed by atoms with van der Waals surface area (Å²) in [7, 11) is 1.39. The molecule has 0 aliphatic heterocycles. The van der Waals surface area contributed by atoms with E-state index in [-0.39, 0.29) is 6.04 Å². The number of alkyl halides is 4. The van der Waals surface area contributed by atoms with Crippen LogP contribution in [0.3, 0.4) is 0 Å². The van der Waals surface area contributed by atoms with Gasteiger partial charge in [-0.25, -0.2) is 17.6 Å². The van der Waals surface area contributed by atoms with E-state index in [2.05, 4.69) is 0 Å². The van der Waals surface area contributed by atoms with Gasteiger partial charge in [0.05, 0.1) is 13.1 Å². The predicted molar refractivity (Wildman–Crippen MR) is 61.2 cm³/mol. The normalized spacial score (nSPS) is 14.8. The molecular weight excluding hydrogens is 241 g/mol. The first-order chi connectivity index (χ1) is 7.26. The Morgan fingerprint density at radius 1 is 1.31 bits per heavy atom. The third kappa shape index (κ3) is 8.28. The van der Waals surface area contributed by atoms with Crippen LogP contribution in [0.5, 0.6) is 0 Å². The molecule has 1 nitrogen and oxygen atoms in total. The number of unbranched alkanes of at least 4 members (excludes halogenated alkanes) is 1. The fourth-order valence-electron chi connectivity index (χ4n) is 1.53. The second kappa shape index (κ2) is 7.44. The van der Waals surface area contributed by atoms with Crippen LogP contribution in [-0.2, 0) is 0 Å². The van der Waals surface area contributed by atoms with Gasteiger partial charge in [0.2, 0.25) is 0 Å². The molecular formula is C10H20F4NP. The summed E-state index contributed by atoms with van der Waals surface area (Å²) in [6, 6.07) is -0.236. The Kier molecular flexibility index (Phi) is 7.49. The number of hydrogen-bond acceptors (Lipinski definition) is 1. The zero-order valence-corrected chi connectivity index (χ0v) is 10.9. The average Bonchev–Trinajstić information content (AvgIpc) is 2.10. The summed E-state index contributed by atoms with van der Waals surface area (Å²) in [5.41, 5.74) is -3.00. The van der Waals surface area contributed by atoms with Crippen molar-refractivity contribution >= 4 is 9.24 Å². The highest BCUT2D eigenvalue weighted by Gasteiger charge is 2.29. The molecule has 2 atom stereocenters. The van der Waals surface area contributed by atoms with Crippen molar-refractivity contribution in [2.75, 3.05) is 13.1 Å². The minimum absolute atomic E-state index is 0.236. The summed E-state index contributed by atoms with van der Waals surface area (Å²) in [6.07, 6.45) is -0.103. The van der Waals surface area contributed by atoms with E-state index < -0.39 is 25.2 Å². The summed E-state index contributed by atoms with van der Waals surface area (Å²) < 4.78 is 50.1. The van der Waals surface area contributed by atoms with Crippen LogP contribution in [0, 0.1) is 0 Å². The van der Waals surface area contributed by atoms with Crippen LogP contribution < -0.4 is 0 Å². The van der Waals surface area contributed by atoms with Crippen molar-refractivity contribution in [3.05, 3.63) is 0 Å². The molecule has 0 spiro atoms. The average molecular weight is 261 g/mol. The van der Waals surface area contributed by atoms with E-state index in [0.29, 0.717) is 6.42 Å². The summed E-state index contributed by atoms with van der Waals surface area (Å²) in [6.45, 7) is 2.48. The van der Waals surface area contributed by atoms with E-state index in [9.17, 15) is 17.6 Å². The number of rotatable bonds is 8. The Balaban J connectivity index is 4.29. The van der Waals surface area contributed by atoms with Crippen LogP contribution in [0.4, 0.5) is 17.6 Å². The Morgan fingerprint density at radius 2 is 1.88 bits per heavy atom. The standard InChI is InChI=1S/C10H20F4NP/c1-3-4-5-8(2)15(6-9(11)12)7-10(13,14)16/h8-9H,3-7,16H2,1-2H3. The van der Waals surface area contributed by atoms with Crippen molar-refractivity contribution in [1.29, 1.82) is 0 Å². The molecule has 0 rings (SSSR count). The van der Waals surface area contributed by atoms with Crippen molar-refractivity contribution in [1.82, 2.24) is 4.90 Å². The summed E-state index contributed by atoms with van der Waals surface area (Å²) in [5.74, 6) is 0. The number of hydrogen-bond donors (Lipinski definition) is 0. The lowest BCUT2D eigenvalue weighted by molar-refractivity contribution is 0.00476. The first-order valence-corrected chi connectivity index (χ1v) is 6.03. The second-order valence-corrected chi connectivity index (χ2v) is 4.92. The van der Waals surface area contributed by atoms with E-state index in [0.717, 1.165) is 17.7 Å². The molecule has 0 aromatic heterocycles. The second-order valence-electron chi connectivity index (χ2n) is 4.07. The third-order valence-electron chi connectivity index (χ3n) is 2.39. The van der Waals surface area contributed by atoms with Crippen molar-refractivity contribution in [3.63, 3.8) is 0 Å². The Hall–Kier alpha value is 0.110. The van der Waals surface area contributed by atoms with Gasteiger partial charge in [-0.3, -0.25) is 4.90 Å². The zero-order chi connectivity index (χ0) is 12.8. The van der Waals surface area contributed by atoms with Gasteiger partial charge < -0.3 is 0 Å². The predicted octanol–water partition coefficient (Wildman–Crippen LogP) is 3.60. The van der Waals surface area contributed by atoms with Crippen LogP contribution in [0.1, 0.15) is 33.1 Å². The molecule has 0 bridgehead atoms. The van der Waals surface area contributed by atoms with Crippen LogP contribution in [-0.4, -0.2) is 36.1 Å². The molecule has 0 saturated carbocycles. The van der Waals surface area contributed by atoms with Gasteiger partial charge in [-0.1, -0.05) is 29.0 Å². The SMILES string of the molecule is CCCCC(C)N(CC(F)F)CC(F)(F)P. The molecule has 0 saturated heterocycles. The van der Waals surface area contributed by atoms with Crippen LogP contribution in [0.2, 0.25) is 0 Å². The Bertz CT molecular complexity index is 184. The smallest absolute Gasteiger partial charge is 0.271 e. The Labute approximate surface area is 96.8 Å². The van der Waals surface area contributed by atoms with Crippen molar-refractivity contribution in [3.8, 4) is 0 Å². The van der Waals surface area contributed by atoms with Gasteiger partial charge in [-0.15, -0.1) is 0 Å². The summed E-state index contributed by atoms with van der Waals surface area (Å²) >= 11 is 0. The topological polar surface area (TPSA) is 3.24 Å². The molecule has 0 aromatic carbocycles. The van der Waals surface area contributed by atoms with E-state index in [1.807, 2.05) is 6.92 Å². The molecule has 0 amide bonds. The molecule has 0 aromatic rings. The minimum Gasteiger partial charge on any atom is -0.289 e. The van der Waals surface area contributed by atoms with Gasteiger partial charge in [-0.2, -0.15) is 0 Å².